The van der Waals surface area contributed by atoms with Crippen molar-refractivity contribution >= 4 is 43.6 Å². The van der Waals surface area contributed by atoms with Gasteiger partial charge >= 0.3 is 0 Å². The van der Waals surface area contributed by atoms with Gasteiger partial charge in [0.1, 0.15) is 0 Å². The molecule has 17 rings (SSSR count). The summed E-state index contributed by atoms with van der Waals surface area (Å²) in [5.74, 6) is 3.25. The standard InChI is InChI=1S/C86H52N10/c87-53-55-32-36-57(37-33-55)63-40-46-79-73(49-63)71-28-13-15-30-77(71)95(79)67-42-44-69(75(51-67)85-91-81(59-18-5-1-6-19-59)89-82(92-85)60-20-7-2-8-21-60)65-26-17-27-66(48-65)70-45-43-68(52-76(70)86-93-83(61-22-9-3-10-23-61)90-84(94-86)62-24-11-4-12-25-62)96-78-31-16-14-29-72(78)74-50-64(41-47-80(74)96)58-38-34-56(54-88)35-39-58/h1-52H. The highest BCUT2D eigenvalue weighted by Gasteiger charge is 2.24. The second-order valence-corrected chi connectivity index (χ2v) is 23.7. The average Bonchev–Trinajstić information content (AvgIpc) is 1.54. The van der Waals surface area contributed by atoms with E-state index in [1.54, 1.807) is 0 Å². The van der Waals surface area contributed by atoms with Crippen molar-refractivity contribution in [1.29, 1.82) is 10.5 Å². The first kappa shape index (κ1) is 56.4. The van der Waals surface area contributed by atoms with Crippen LogP contribution >= 0.6 is 0 Å². The minimum absolute atomic E-state index is 0.515. The van der Waals surface area contributed by atoms with Gasteiger partial charge in [0.05, 0.1) is 45.3 Å². The van der Waals surface area contributed by atoms with Crippen LogP contribution in [0.4, 0.5) is 0 Å². The van der Waals surface area contributed by atoms with Crippen LogP contribution in [0.1, 0.15) is 11.1 Å². The predicted molar refractivity (Wildman–Crippen MR) is 386 cm³/mol. The Morgan fingerprint density at radius 2 is 0.521 bits per heavy atom. The number of hydrogen-bond acceptors (Lipinski definition) is 8. The highest BCUT2D eigenvalue weighted by Crippen LogP contribution is 2.43. The number of nitriles is 2. The van der Waals surface area contributed by atoms with Crippen LogP contribution in [0.25, 0.3) is 168 Å². The number of hydrogen-bond donors (Lipinski definition) is 0. The molecule has 0 bridgehead atoms. The SMILES string of the molecule is N#Cc1ccc(-c2ccc3c(c2)c2ccccc2n3-c2ccc(-c3cccc(-c4ccc(-n5c6ccccc6c6cc(-c7ccc(C#N)cc7)ccc65)cc4-c4nc(-c5ccccc5)nc(-c5ccccc5)n4)c3)c(-c3nc(-c4ccccc4)nc(-c4ccccc4)n3)c2)cc1. The van der Waals surface area contributed by atoms with E-state index in [1.165, 1.54) is 0 Å². The van der Waals surface area contributed by atoms with Crippen LogP contribution < -0.4 is 0 Å². The first-order chi connectivity index (χ1) is 47.5. The fourth-order valence-electron chi connectivity index (χ4n) is 13.3. The number of aromatic nitrogens is 8. The van der Waals surface area contributed by atoms with Crippen molar-refractivity contribution in [3.05, 3.63) is 327 Å². The highest BCUT2D eigenvalue weighted by molar-refractivity contribution is 6.12. The summed E-state index contributed by atoms with van der Waals surface area (Å²) in [6.45, 7) is 0. The molecular weight excluding hydrogens is 1170 g/mol. The molecule has 4 aromatic heterocycles. The quantitative estimate of drug-likeness (QED) is 0.118. The Hall–Kier alpha value is -13.5. The number of rotatable bonds is 12. The Kier molecular flexibility index (Phi) is 14.1. The molecule has 0 saturated carbocycles. The van der Waals surface area contributed by atoms with Crippen LogP contribution in [-0.4, -0.2) is 39.0 Å². The zero-order valence-corrected chi connectivity index (χ0v) is 51.5. The van der Waals surface area contributed by atoms with Gasteiger partial charge in [-0.3, -0.25) is 0 Å². The van der Waals surface area contributed by atoms with Crippen molar-refractivity contribution in [2.45, 2.75) is 0 Å². The maximum atomic E-state index is 9.61. The molecule has 0 N–H and O–H groups in total. The number of nitrogens with zero attached hydrogens (tertiary/aromatic N) is 10. The fraction of sp³-hybridized carbons (Fsp3) is 0. The molecule has 0 aliphatic rings. The molecule has 0 fully saturated rings. The van der Waals surface area contributed by atoms with Gasteiger partial charge in [0, 0.05) is 66.3 Å². The van der Waals surface area contributed by atoms with E-state index in [0.29, 0.717) is 46.1 Å². The van der Waals surface area contributed by atoms with Crippen LogP contribution in [0.2, 0.25) is 0 Å². The molecule has 0 aliphatic carbocycles. The van der Waals surface area contributed by atoms with Crippen molar-refractivity contribution in [2.75, 3.05) is 0 Å². The Labute approximate surface area is 553 Å². The predicted octanol–water partition coefficient (Wildman–Crippen LogP) is 20.7. The van der Waals surface area contributed by atoms with E-state index in [1.807, 2.05) is 170 Å². The molecule has 0 atom stereocenters. The van der Waals surface area contributed by atoms with Crippen LogP contribution in [0.5, 0.6) is 0 Å². The van der Waals surface area contributed by atoms with Gasteiger partial charge in [0.15, 0.2) is 34.9 Å². The van der Waals surface area contributed by atoms with E-state index in [-0.39, 0.29) is 0 Å². The molecule has 0 saturated heterocycles. The van der Waals surface area contributed by atoms with Gasteiger partial charge in [-0.2, -0.15) is 10.5 Å². The Morgan fingerprint density at radius 3 is 0.885 bits per heavy atom. The van der Waals surface area contributed by atoms with Gasteiger partial charge < -0.3 is 9.13 Å². The number of para-hydroxylation sites is 2. The second-order valence-electron chi connectivity index (χ2n) is 23.7. The Balaban J connectivity index is 0.883. The van der Waals surface area contributed by atoms with E-state index in [4.69, 9.17) is 29.9 Å². The van der Waals surface area contributed by atoms with Crippen molar-refractivity contribution in [1.82, 2.24) is 39.0 Å². The van der Waals surface area contributed by atoms with Gasteiger partial charge in [0.25, 0.3) is 0 Å². The molecular formula is C86H52N10. The zero-order chi connectivity index (χ0) is 64.1. The van der Waals surface area contributed by atoms with Gasteiger partial charge in [-0.25, -0.2) is 29.9 Å². The summed E-state index contributed by atoms with van der Waals surface area (Å²) in [6.07, 6.45) is 0. The lowest BCUT2D eigenvalue weighted by atomic mass is 9.92. The summed E-state index contributed by atoms with van der Waals surface area (Å²) < 4.78 is 4.66. The third-order valence-corrected chi connectivity index (χ3v) is 17.9. The Morgan fingerprint density at radius 1 is 0.208 bits per heavy atom. The summed E-state index contributed by atoms with van der Waals surface area (Å²) in [5.41, 5.74) is 20.2. The molecule has 17 aromatic rings. The fourth-order valence-corrected chi connectivity index (χ4v) is 13.3. The summed E-state index contributed by atoms with van der Waals surface area (Å²) in [4.78, 5) is 31.9. The third-order valence-electron chi connectivity index (χ3n) is 17.9. The lowest BCUT2D eigenvalue weighted by molar-refractivity contribution is 1.07. The van der Waals surface area contributed by atoms with E-state index >= 15 is 0 Å². The van der Waals surface area contributed by atoms with Crippen LogP contribution in [0, 0.1) is 22.7 Å². The van der Waals surface area contributed by atoms with Gasteiger partial charge in [-0.15, -0.1) is 0 Å². The Bertz CT molecular complexity index is 5470. The van der Waals surface area contributed by atoms with Gasteiger partial charge in [-0.1, -0.05) is 224 Å². The summed E-state index contributed by atoms with van der Waals surface area (Å²) in [7, 11) is 0. The highest BCUT2D eigenvalue weighted by atomic mass is 15.1. The van der Waals surface area contributed by atoms with Crippen LogP contribution in [-0.2, 0) is 0 Å². The minimum atomic E-state index is 0.515. The monoisotopic (exact) mass is 1220 g/mol. The molecule has 96 heavy (non-hydrogen) atoms. The minimum Gasteiger partial charge on any atom is -0.309 e. The topological polar surface area (TPSA) is 135 Å². The molecule has 0 spiro atoms. The first-order valence-corrected chi connectivity index (χ1v) is 31.7. The zero-order valence-electron chi connectivity index (χ0n) is 51.5. The van der Waals surface area contributed by atoms with Gasteiger partial charge in [0.2, 0.25) is 0 Å². The third kappa shape index (κ3) is 10.3. The van der Waals surface area contributed by atoms with E-state index in [0.717, 1.165) is 133 Å². The number of benzene rings is 13. The summed E-state index contributed by atoms with van der Waals surface area (Å²) in [6, 6.07) is 113. The molecule has 10 heteroatoms. The second kappa shape index (κ2) is 23.9. The molecule has 446 valence electrons. The molecule has 13 aromatic carbocycles. The molecule has 0 radical (unpaired) electrons. The molecule has 10 nitrogen and oxygen atoms in total. The lowest BCUT2D eigenvalue weighted by Crippen LogP contribution is -2.03. The molecule has 0 unspecified atom stereocenters. The molecule has 4 heterocycles. The van der Waals surface area contributed by atoms with E-state index in [2.05, 4.69) is 167 Å². The van der Waals surface area contributed by atoms with Gasteiger partial charge in [-0.05, 0) is 136 Å². The van der Waals surface area contributed by atoms with Crippen molar-refractivity contribution in [3.63, 3.8) is 0 Å². The molecule has 0 aliphatic heterocycles. The first-order valence-electron chi connectivity index (χ1n) is 31.7. The van der Waals surface area contributed by atoms with E-state index < -0.39 is 0 Å². The van der Waals surface area contributed by atoms with Crippen LogP contribution in [0.3, 0.4) is 0 Å². The largest absolute Gasteiger partial charge is 0.309 e. The maximum absolute atomic E-state index is 9.61. The number of fused-ring (bicyclic) bond motifs is 6. The van der Waals surface area contributed by atoms with E-state index in [9.17, 15) is 10.5 Å². The summed E-state index contributed by atoms with van der Waals surface area (Å²) >= 11 is 0. The smallest absolute Gasteiger partial charge is 0.164 e. The lowest BCUT2D eigenvalue weighted by Gasteiger charge is -2.17. The van der Waals surface area contributed by atoms with Crippen molar-refractivity contribution < 1.29 is 0 Å². The normalized spacial score (nSPS) is 11.3. The summed E-state index contributed by atoms with van der Waals surface area (Å²) in [5, 5.41) is 23.6. The van der Waals surface area contributed by atoms with Crippen molar-refractivity contribution in [2.24, 2.45) is 0 Å². The van der Waals surface area contributed by atoms with Crippen LogP contribution in [0.15, 0.2) is 315 Å². The maximum Gasteiger partial charge on any atom is 0.164 e. The van der Waals surface area contributed by atoms with Crippen molar-refractivity contribution in [3.8, 4) is 136 Å². The molecule has 0 amide bonds. The average molecular weight is 1230 g/mol.